The van der Waals surface area contributed by atoms with Crippen LogP contribution in [0.4, 0.5) is 4.39 Å². The number of rotatable bonds is 8. The average molecular weight is 422 g/mol. The van der Waals surface area contributed by atoms with Gasteiger partial charge in [-0.1, -0.05) is 12.1 Å². The maximum atomic E-state index is 13.8. The summed E-state index contributed by atoms with van der Waals surface area (Å²) >= 11 is 0. The smallest absolute Gasteiger partial charge is 0.246 e. The molecule has 0 atom stereocenters. The molecule has 0 saturated heterocycles. The first kappa shape index (κ1) is 22.4. The topological polar surface area (TPSA) is 84.9 Å². The first-order valence-corrected chi connectivity index (χ1v) is 10.1. The van der Waals surface area contributed by atoms with Crippen LogP contribution in [0.5, 0.6) is 11.5 Å². The van der Waals surface area contributed by atoms with Crippen LogP contribution >= 0.6 is 0 Å². The number of hydrogen-bond acceptors (Lipinski definition) is 5. The molecule has 0 aliphatic carbocycles. The third-order valence-electron chi connectivity index (χ3n) is 4.18. The summed E-state index contributed by atoms with van der Waals surface area (Å²) in [6.45, 7) is 0.200. The van der Waals surface area contributed by atoms with Crippen LogP contribution in [-0.2, 0) is 21.4 Å². The van der Waals surface area contributed by atoms with Gasteiger partial charge in [0, 0.05) is 19.7 Å². The molecule has 0 aromatic heterocycles. The molecule has 9 heteroatoms. The van der Waals surface area contributed by atoms with E-state index in [1.165, 1.54) is 62.6 Å². The number of methoxy groups -OCH3 is 2. The predicted octanol–water partition coefficient (Wildman–Crippen LogP) is 2.42. The minimum absolute atomic E-state index is 0.0286. The summed E-state index contributed by atoms with van der Waals surface area (Å²) in [5.74, 6) is -0.496. The molecular formula is C20H23FN2O5S. The van der Waals surface area contributed by atoms with Crippen LogP contribution < -0.4 is 14.2 Å². The molecule has 156 valence electrons. The zero-order valence-corrected chi connectivity index (χ0v) is 17.4. The van der Waals surface area contributed by atoms with Crippen molar-refractivity contribution in [1.29, 1.82) is 0 Å². The normalized spacial score (nSPS) is 11.5. The number of hydrogen-bond donors (Lipinski definition) is 1. The van der Waals surface area contributed by atoms with Crippen molar-refractivity contribution in [2.45, 2.75) is 11.4 Å². The van der Waals surface area contributed by atoms with Gasteiger partial charge in [0.25, 0.3) is 0 Å². The van der Waals surface area contributed by atoms with Crippen LogP contribution in [0.3, 0.4) is 0 Å². The number of amides is 1. The van der Waals surface area contributed by atoms with Crippen molar-refractivity contribution in [3.05, 3.63) is 59.4 Å². The van der Waals surface area contributed by atoms with Gasteiger partial charge in [0.2, 0.25) is 15.9 Å². The Bertz CT molecular complexity index is 1020. The summed E-state index contributed by atoms with van der Waals surface area (Å²) in [7, 11) is 1.92. The monoisotopic (exact) mass is 422 g/mol. The van der Waals surface area contributed by atoms with Crippen LogP contribution in [0.25, 0.3) is 6.08 Å². The van der Waals surface area contributed by atoms with E-state index in [0.717, 1.165) is 0 Å². The van der Waals surface area contributed by atoms with E-state index in [0.29, 0.717) is 11.1 Å². The third-order valence-corrected chi connectivity index (χ3v) is 5.61. The highest BCUT2D eigenvalue weighted by Crippen LogP contribution is 2.25. The minimum Gasteiger partial charge on any atom is -0.495 e. The van der Waals surface area contributed by atoms with E-state index in [2.05, 4.69) is 4.72 Å². The van der Waals surface area contributed by atoms with Crippen LogP contribution in [0, 0.1) is 5.82 Å². The molecule has 2 aromatic carbocycles. The maximum absolute atomic E-state index is 13.8. The molecule has 1 N–H and O–H groups in total. The van der Waals surface area contributed by atoms with Crippen LogP contribution in [0.2, 0.25) is 0 Å². The Morgan fingerprint density at radius 2 is 1.79 bits per heavy atom. The molecule has 2 rings (SSSR count). The van der Waals surface area contributed by atoms with Crippen molar-refractivity contribution in [1.82, 2.24) is 9.62 Å². The molecule has 0 aliphatic heterocycles. The summed E-state index contributed by atoms with van der Waals surface area (Å²) in [5, 5.41) is 0. The Balaban J connectivity index is 2.15. The molecule has 2 aromatic rings. The SMILES string of the molecule is CNS(=O)(=O)c1cc(/C=C/C(=O)N(C)Cc2ccc(OC)c(F)c2)ccc1OC. The van der Waals surface area contributed by atoms with Gasteiger partial charge in [0.15, 0.2) is 11.6 Å². The van der Waals surface area contributed by atoms with E-state index in [1.807, 2.05) is 0 Å². The Morgan fingerprint density at radius 1 is 1.14 bits per heavy atom. The van der Waals surface area contributed by atoms with Crippen LogP contribution in [0.15, 0.2) is 47.4 Å². The third kappa shape index (κ3) is 5.55. The molecule has 0 radical (unpaired) electrons. The second kappa shape index (κ2) is 9.53. The van der Waals surface area contributed by atoms with Crippen molar-refractivity contribution in [2.24, 2.45) is 0 Å². The Morgan fingerprint density at radius 3 is 2.38 bits per heavy atom. The summed E-state index contributed by atoms with van der Waals surface area (Å²) in [5.41, 5.74) is 1.12. The molecule has 0 spiro atoms. The highest BCUT2D eigenvalue weighted by molar-refractivity contribution is 7.89. The largest absolute Gasteiger partial charge is 0.495 e. The van der Waals surface area contributed by atoms with E-state index in [1.54, 1.807) is 19.2 Å². The second-order valence-electron chi connectivity index (χ2n) is 6.11. The number of sulfonamides is 1. The lowest BCUT2D eigenvalue weighted by Gasteiger charge is -2.16. The first-order valence-electron chi connectivity index (χ1n) is 8.59. The summed E-state index contributed by atoms with van der Waals surface area (Å²) in [6, 6.07) is 9.04. The van der Waals surface area contributed by atoms with Gasteiger partial charge in [-0.25, -0.2) is 17.5 Å². The maximum Gasteiger partial charge on any atom is 0.246 e. The lowest BCUT2D eigenvalue weighted by molar-refractivity contribution is -0.125. The fourth-order valence-electron chi connectivity index (χ4n) is 2.57. The molecule has 7 nitrogen and oxygen atoms in total. The minimum atomic E-state index is -3.72. The number of halogens is 1. The molecule has 0 aliphatic rings. The van der Waals surface area contributed by atoms with Gasteiger partial charge in [-0.3, -0.25) is 4.79 Å². The van der Waals surface area contributed by atoms with Crippen molar-refractivity contribution >= 4 is 22.0 Å². The van der Waals surface area contributed by atoms with Gasteiger partial charge in [0.05, 0.1) is 14.2 Å². The van der Waals surface area contributed by atoms with Crippen molar-refractivity contribution in [3.8, 4) is 11.5 Å². The molecule has 0 heterocycles. The first-order chi connectivity index (χ1) is 13.7. The molecule has 0 saturated carbocycles. The highest BCUT2D eigenvalue weighted by atomic mass is 32.2. The quantitative estimate of drug-likeness (QED) is 0.661. The number of carbonyl (C=O) groups excluding carboxylic acids is 1. The second-order valence-corrected chi connectivity index (χ2v) is 7.97. The van der Waals surface area contributed by atoms with Gasteiger partial charge in [-0.2, -0.15) is 0 Å². The standard InChI is InChI=1S/C20H23FN2O5S/c1-22-29(25,26)19-12-14(5-9-18(19)28-4)7-10-20(24)23(2)13-15-6-8-17(27-3)16(21)11-15/h5-12,22H,13H2,1-4H3/b10-7+. The van der Waals surface area contributed by atoms with Gasteiger partial charge in [-0.05, 0) is 48.5 Å². The Kier molecular flexibility index (Phi) is 7.35. The van der Waals surface area contributed by atoms with Crippen molar-refractivity contribution in [3.63, 3.8) is 0 Å². The number of likely N-dealkylation sites (N-methyl/N-ethyl adjacent to an activating group) is 1. The zero-order valence-electron chi connectivity index (χ0n) is 16.6. The van der Waals surface area contributed by atoms with E-state index in [-0.39, 0.29) is 28.8 Å². The molecule has 1 amide bonds. The Hall–Kier alpha value is -2.91. The number of carbonyl (C=O) groups is 1. The lowest BCUT2D eigenvalue weighted by atomic mass is 10.2. The van der Waals surface area contributed by atoms with E-state index in [9.17, 15) is 17.6 Å². The van der Waals surface area contributed by atoms with Gasteiger partial charge < -0.3 is 14.4 Å². The molecule has 0 fully saturated rings. The van der Waals surface area contributed by atoms with Crippen molar-refractivity contribution < 1.29 is 27.1 Å². The number of nitrogens with one attached hydrogen (secondary N) is 1. The summed E-state index contributed by atoms with van der Waals surface area (Å²) < 4.78 is 50.2. The zero-order chi connectivity index (χ0) is 21.6. The summed E-state index contributed by atoms with van der Waals surface area (Å²) in [6.07, 6.45) is 2.82. The van der Waals surface area contributed by atoms with E-state index < -0.39 is 15.8 Å². The number of benzene rings is 2. The van der Waals surface area contributed by atoms with E-state index in [4.69, 9.17) is 9.47 Å². The number of nitrogens with zero attached hydrogens (tertiary/aromatic N) is 1. The van der Waals surface area contributed by atoms with Gasteiger partial charge >= 0.3 is 0 Å². The van der Waals surface area contributed by atoms with Crippen LogP contribution in [0.1, 0.15) is 11.1 Å². The molecule has 0 bridgehead atoms. The van der Waals surface area contributed by atoms with Gasteiger partial charge in [-0.15, -0.1) is 0 Å². The van der Waals surface area contributed by atoms with Crippen LogP contribution in [-0.4, -0.2) is 47.5 Å². The van der Waals surface area contributed by atoms with Crippen molar-refractivity contribution in [2.75, 3.05) is 28.3 Å². The fourth-order valence-corrected chi connectivity index (χ4v) is 3.50. The molecule has 29 heavy (non-hydrogen) atoms. The lowest BCUT2D eigenvalue weighted by Crippen LogP contribution is -2.24. The molecule has 0 unspecified atom stereocenters. The average Bonchev–Trinajstić information content (AvgIpc) is 2.71. The number of ether oxygens (including phenoxy) is 2. The van der Waals surface area contributed by atoms with E-state index >= 15 is 0 Å². The predicted molar refractivity (Wildman–Crippen MR) is 108 cm³/mol. The fraction of sp³-hybridized carbons (Fsp3) is 0.250. The Labute approximate surface area is 169 Å². The highest BCUT2D eigenvalue weighted by Gasteiger charge is 2.18. The summed E-state index contributed by atoms with van der Waals surface area (Å²) in [4.78, 5) is 13.7. The molecular weight excluding hydrogens is 399 g/mol. The van der Waals surface area contributed by atoms with Gasteiger partial charge in [0.1, 0.15) is 10.6 Å².